The van der Waals surface area contributed by atoms with E-state index in [1.54, 1.807) is 13.0 Å². The molecule has 0 spiro atoms. The molecule has 1 aliphatic heterocycles. The van der Waals surface area contributed by atoms with Gasteiger partial charge in [-0.3, -0.25) is 4.79 Å². The highest BCUT2D eigenvalue weighted by Gasteiger charge is 2.26. The van der Waals surface area contributed by atoms with Crippen molar-refractivity contribution in [3.8, 4) is 0 Å². The summed E-state index contributed by atoms with van der Waals surface area (Å²) in [5.41, 5.74) is 1.74. The van der Waals surface area contributed by atoms with Gasteiger partial charge in [0, 0.05) is 29.3 Å². The molecule has 2 heterocycles. The minimum atomic E-state index is -0.0174. The van der Waals surface area contributed by atoms with Gasteiger partial charge in [0.05, 0.1) is 0 Å². The molecule has 0 unspecified atom stereocenters. The zero-order chi connectivity index (χ0) is 15.5. The van der Waals surface area contributed by atoms with Crippen molar-refractivity contribution < 1.29 is 9.32 Å². The summed E-state index contributed by atoms with van der Waals surface area (Å²) in [7, 11) is 0. The number of hydrogen-bond donors (Lipinski definition) is 0. The van der Waals surface area contributed by atoms with Crippen LogP contribution >= 0.6 is 11.8 Å². The van der Waals surface area contributed by atoms with Crippen LogP contribution in [0.25, 0.3) is 0 Å². The van der Waals surface area contributed by atoms with Crippen LogP contribution in [0.15, 0.2) is 39.8 Å². The third kappa shape index (κ3) is 3.35. The van der Waals surface area contributed by atoms with E-state index in [0.29, 0.717) is 16.7 Å². The maximum Gasteiger partial charge on any atom is 0.276 e. The first-order valence-electron chi connectivity index (χ1n) is 7.58. The minimum Gasteiger partial charge on any atom is -0.361 e. The highest BCUT2D eigenvalue weighted by molar-refractivity contribution is 8.00. The summed E-state index contributed by atoms with van der Waals surface area (Å²) in [4.78, 5) is 15.6. The Morgan fingerprint density at radius 2 is 2.00 bits per heavy atom. The highest BCUT2D eigenvalue weighted by atomic mass is 32.2. The number of likely N-dealkylation sites (tertiary alicyclic amines) is 1. The van der Waals surface area contributed by atoms with Gasteiger partial charge in [0.1, 0.15) is 5.76 Å². The quantitative estimate of drug-likeness (QED) is 0.866. The van der Waals surface area contributed by atoms with Gasteiger partial charge in [0.25, 0.3) is 5.91 Å². The van der Waals surface area contributed by atoms with Crippen LogP contribution in [0.5, 0.6) is 0 Å². The largest absolute Gasteiger partial charge is 0.361 e. The van der Waals surface area contributed by atoms with Crippen LogP contribution in [0.4, 0.5) is 0 Å². The topological polar surface area (TPSA) is 46.3 Å². The fourth-order valence-corrected chi connectivity index (χ4v) is 3.89. The molecule has 0 N–H and O–H groups in total. The molecule has 2 aromatic rings. The maximum atomic E-state index is 12.3. The molecule has 116 valence electrons. The predicted octanol–water partition coefficient (Wildman–Crippen LogP) is 3.69. The molecule has 0 radical (unpaired) electrons. The van der Waals surface area contributed by atoms with Crippen LogP contribution in [0.2, 0.25) is 0 Å². The van der Waals surface area contributed by atoms with E-state index in [2.05, 4.69) is 36.3 Å². The van der Waals surface area contributed by atoms with E-state index in [-0.39, 0.29) is 5.91 Å². The molecule has 22 heavy (non-hydrogen) atoms. The Bertz CT molecular complexity index is 660. The molecule has 1 aliphatic rings. The Kier molecular flexibility index (Phi) is 4.52. The average molecular weight is 316 g/mol. The normalized spacial score (nSPS) is 16.0. The fraction of sp³-hybridized carbons (Fsp3) is 0.412. The third-order valence-electron chi connectivity index (χ3n) is 3.96. The SMILES string of the molecule is Cc1cc(C(=O)N2CCC(Sc3ccccc3C)CC2)no1. The molecule has 1 aromatic heterocycles. The number of aryl methyl sites for hydroxylation is 2. The van der Waals surface area contributed by atoms with E-state index in [4.69, 9.17) is 4.52 Å². The zero-order valence-electron chi connectivity index (χ0n) is 12.9. The lowest BCUT2D eigenvalue weighted by molar-refractivity contribution is 0.0717. The van der Waals surface area contributed by atoms with Crippen molar-refractivity contribution in [1.29, 1.82) is 0 Å². The maximum absolute atomic E-state index is 12.3. The van der Waals surface area contributed by atoms with Crippen LogP contribution in [-0.4, -0.2) is 34.3 Å². The number of benzene rings is 1. The van der Waals surface area contributed by atoms with Crippen molar-refractivity contribution in [1.82, 2.24) is 10.1 Å². The van der Waals surface area contributed by atoms with Crippen molar-refractivity contribution in [2.45, 2.75) is 36.8 Å². The fourth-order valence-electron chi connectivity index (χ4n) is 2.67. The Morgan fingerprint density at radius 1 is 1.27 bits per heavy atom. The number of piperidine rings is 1. The van der Waals surface area contributed by atoms with Crippen LogP contribution in [-0.2, 0) is 0 Å². The van der Waals surface area contributed by atoms with E-state index in [0.717, 1.165) is 25.9 Å². The summed E-state index contributed by atoms with van der Waals surface area (Å²) in [5, 5.41) is 4.39. The summed E-state index contributed by atoms with van der Waals surface area (Å²) in [6, 6.07) is 10.2. The average Bonchev–Trinajstić information content (AvgIpc) is 2.96. The van der Waals surface area contributed by atoms with Crippen LogP contribution in [0, 0.1) is 13.8 Å². The molecule has 0 saturated carbocycles. The van der Waals surface area contributed by atoms with Crippen molar-refractivity contribution in [3.63, 3.8) is 0 Å². The zero-order valence-corrected chi connectivity index (χ0v) is 13.7. The standard InChI is InChI=1S/C17H20N2O2S/c1-12-5-3-4-6-16(12)22-14-7-9-19(10-8-14)17(20)15-11-13(2)21-18-15/h3-6,11,14H,7-10H2,1-2H3. The number of thioether (sulfide) groups is 1. The van der Waals surface area contributed by atoms with E-state index in [1.165, 1.54) is 10.5 Å². The number of carbonyl (C=O) groups excluding carboxylic acids is 1. The molecule has 1 amide bonds. The van der Waals surface area contributed by atoms with Gasteiger partial charge in [-0.25, -0.2) is 0 Å². The van der Waals surface area contributed by atoms with Gasteiger partial charge in [-0.1, -0.05) is 23.4 Å². The predicted molar refractivity (Wildman–Crippen MR) is 87.2 cm³/mol. The molecule has 1 fully saturated rings. The van der Waals surface area contributed by atoms with E-state index < -0.39 is 0 Å². The first kappa shape index (κ1) is 15.2. The van der Waals surface area contributed by atoms with Gasteiger partial charge in [-0.05, 0) is 38.3 Å². The molecular weight excluding hydrogens is 296 g/mol. The van der Waals surface area contributed by atoms with Crippen LogP contribution in [0.3, 0.4) is 0 Å². The molecule has 4 nitrogen and oxygen atoms in total. The Morgan fingerprint density at radius 3 is 2.64 bits per heavy atom. The summed E-state index contributed by atoms with van der Waals surface area (Å²) in [6.07, 6.45) is 2.03. The van der Waals surface area contributed by atoms with Crippen LogP contribution < -0.4 is 0 Å². The van der Waals surface area contributed by atoms with E-state index in [1.807, 2.05) is 16.7 Å². The lowest BCUT2D eigenvalue weighted by atomic mass is 10.1. The Hall–Kier alpha value is -1.75. The van der Waals surface area contributed by atoms with Crippen molar-refractivity contribution in [2.75, 3.05) is 13.1 Å². The monoisotopic (exact) mass is 316 g/mol. The third-order valence-corrected chi connectivity index (χ3v) is 5.48. The highest BCUT2D eigenvalue weighted by Crippen LogP contribution is 2.32. The molecule has 3 rings (SSSR count). The smallest absolute Gasteiger partial charge is 0.276 e. The summed E-state index contributed by atoms with van der Waals surface area (Å²) in [6.45, 7) is 5.52. The second-order valence-electron chi connectivity index (χ2n) is 5.70. The molecule has 0 bridgehead atoms. The minimum absolute atomic E-state index is 0.0174. The van der Waals surface area contributed by atoms with Gasteiger partial charge in [0.2, 0.25) is 0 Å². The second-order valence-corrected chi connectivity index (χ2v) is 7.04. The molecule has 0 atom stereocenters. The van der Waals surface area contributed by atoms with Crippen molar-refractivity contribution in [2.24, 2.45) is 0 Å². The number of carbonyl (C=O) groups is 1. The number of aromatic nitrogens is 1. The number of nitrogens with zero attached hydrogens (tertiary/aromatic N) is 2. The van der Waals surface area contributed by atoms with Gasteiger partial charge < -0.3 is 9.42 Å². The molecule has 1 saturated heterocycles. The summed E-state index contributed by atoms with van der Waals surface area (Å²) in [5.74, 6) is 0.657. The molecule has 5 heteroatoms. The van der Waals surface area contributed by atoms with Gasteiger partial charge in [-0.15, -0.1) is 11.8 Å². The van der Waals surface area contributed by atoms with Gasteiger partial charge >= 0.3 is 0 Å². The number of hydrogen-bond acceptors (Lipinski definition) is 4. The molecule has 0 aliphatic carbocycles. The molecular formula is C17H20N2O2S. The first-order chi connectivity index (χ1) is 10.6. The van der Waals surface area contributed by atoms with Crippen LogP contribution in [0.1, 0.15) is 34.7 Å². The van der Waals surface area contributed by atoms with E-state index in [9.17, 15) is 4.79 Å². The van der Waals surface area contributed by atoms with Gasteiger partial charge in [-0.2, -0.15) is 0 Å². The van der Waals surface area contributed by atoms with Gasteiger partial charge in [0.15, 0.2) is 5.69 Å². The number of rotatable bonds is 3. The van der Waals surface area contributed by atoms with Crippen molar-refractivity contribution >= 4 is 17.7 Å². The Labute approximate surface area is 134 Å². The second kappa shape index (κ2) is 6.57. The summed E-state index contributed by atoms with van der Waals surface area (Å²) < 4.78 is 4.99. The first-order valence-corrected chi connectivity index (χ1v) is 8.46. The van der Waals surface area contributed by atoms with E-state index >= 15 is 0 Å². The van der Waals surface area contributed by atoms with Crippen molar-refractivity contribution in [3.05, 3.63) is 47.3 Å². The lowest BCUT2D eigenvalue weighted by Crippen LogP contribution is -2.39. The lowest BCUT2D eigenvalue weighted by Gasteiger charge is -2.31. The Balaban J connectivity index is 1.56. The number of amides is 1. The molecule has 1 aromatic carbocycles. The summed E-state index contributed by atoms with van der Waals surface area (Å²) >= 11 is 1.93.